The number of halogens is 1. The topological polar surface area (TPSA) is 90.5 Å². The Hall–Kier alpha value is -4.36. The van der Waals surface area contributed by atoms with E-state index in [0.717, 1.165) is 21.7 Å². The van der Waals surface area contributed by atoms with Crippen LogP contribution in [-0.2, 0) is 4.74 Å². The number of pyridine rings is 1. The molecule has 5 rings (SSSR count). The molecule has 0 saturated carbocycles. The third-order valence-corrected chi connectivity index (χ3v) is 5.72. The van der Waals surface area contributed by atoms with Gasteiger partial charge in [-0.3, -0.25) is 9.78 Å². The highest BCUT2D eigenvalue weighted by atomic mass is 35.5. The van der Waals surface area contributed by atoms with Gasteiger partial charge in [-0.05, 0) is 59.3 Å². The van der Waals surface area contributed by atoms with Crippen LogP contribution < -0.4 is 9.47 Å². The van der Waals surface area contributed by atoms with Crippen LogP contribution in [0.15, 0.2) is 79.3 Å². The molecule has 0 unspecified atom stereocenters. The number of Topliss-reactive ketones (excluding diaryl/α,β-unsaturated/α-hetero) is 1. The summed E-state index contributed by atoms with van der Waals surface area (Å²) in [6, 6.07) is 17.6. The molecule has 1 N–H and O–H groups in total. The number of benzene rings is 3. The first-order valence-corrected chi connectivity index (χ1v) is 11.1. The van der Waals surface area contributed by atoms with Crippen molar-refractivity contribution in [3.8, 4) is 17.2 Å². The van der Waals surface area contributed by atoms with Gasteiger partial charge >= 0.3 is 5.97 Å². The largest absolute Gasteiger partial charge is 0.485 e. The van der Waals surface area contributed by atoms with Crippen LogP contribution in [0.2, 0.25) is 5.02 Å². The van der Waals surface area contributed by atoms with Crippen LogP contribution in [0.5, 0.6) is 17.2 Å². The van der Waals surface area contributed by atoms with Crippen LogP contribution in [0.1, 0.15) is 20.7 Å². The Morgan fingerprint density at radius 1 is 0.971 bits per heavy atom. The number of hydrogen-bond acceptors (Lipinski definition) is 6. The Bertz CT molecular complexity index is 1560. The van der Waals surface area contributed by atoms with Gasteiger partial charge in [0, 0.05) is 39.9 Å². The quantitative estimate of drug-likeness (QED) is 0.217. The van der Waals surface area contributed by atoms with Crippen molar-refractivity contribution in [2.75, 3.05) is 13.7 Å². The summed E-state index contributed by atoms with van der Waals surface area (Å²) in [5, 5.41) is 2.86. The minimum atomic E-state index is -0.567. The number of hydrogen-bond donors (Lipinski definition) is 1. The van der Waals surface area contributed by atoms with Crippen molar-refractivity contribution in [1.29, 1.82) is 0 Å². The minimum Gasteiger partial charge on any atom is -0.485 e. The summed E-state index contributed by atoms with van der Waals surface area (Å²) in [7, 11) is 1.29. The Balaban J connectivity index is 1.37. The van der Waals surface area contributed by atoms with Crippen molar-refractivity contribution in [3.63, 3.8) is 0 Å². The maximum atomic E-state index is 13.0. The predicted molar refractivity (Wildman–Crippen MR) is 133 cm³/mol. The Morgan fingerprint density at radius 2 is 1.86 bits per heavy atom. The summed E-state index contributed by atoms with van der Waals surface area (Å²) in [6.45, 7) is -0.260. The number of fused-ring (bicyclic) bond motifs is 2. The third-order valence-electron chi connectivity index (χ3n) is 5.49. The molecule has 0 aliphatic heterocycles. The molecule has 0 bridgehead atoms. The summed E-state index contributed by atoms with van der Waals surface area (Å²) < 4.78 is 16.5. The van der Waals surface area contributed by atoms with Gasteiger partial charge in [-0.1, -0.05) is 17.7 Å². The Kier molecular flexibility index (Phi) is 6.08. The summed E-state index contributed by atoms with van der Waals surface area (Å²) in [5.41, 5.74) is 1.43. The molecule has 0 saturated heterocycles. The number of ether oxygens (including phenoxy) is 3. The molecule has 5 aromatic rings. The molecule has 0 amide bonds. The minimum absolute atomic E-state index is 0.214. The normalized spacial score (nSPS) is 10.9. The zero-order valence-corrected chi connectivity index (χ0v) is 19.3. The molecular formula is C27H19ClN2O5. The fourth-order valence-electron chi connectivity index (χ4n) is 3.80. The molecular weight excluding hydrogens is 468 g/mol. The number of rotatable bonds is 7. The van der Waals surface area contributed by atoms with Crippen LogP contribution >= 0.6 is 11.6 Å². The molecule has 0 radical (unpaired) electrons. The SMILES string of the molecule is COC(=O)c1cc2cc(Cl)ccc2cc1OCC(=O)c1c[nH]c2cc(Oc3cccnc3)ccc12. The highest BCUT2D eigenvalue weighted by Crippen LogP contribution is 2.30. The first kappa shape index (κ1) is 22.4. The number of ketones is 1. The second-order valence-electron chi connectivity index (χ2n) is 7.74. The van der Waals surface area contributed by atoms with Gasteiger partial charge in [0.1, 0.15) is 22.8 Å². The molecule has 2 heterocycles. The average Bonchev–Trinajstić information content (AvgIpc) is 3.30. The lowest BCUT2D eigenvalue weighted by atomic mass is 10.1. The molecule has 0 spiro atoms. The zero-order valence-electron chi connectivity index (χ0n) is 18.6. The Labute approximate surface area is 205 Å². The maximum absolute atomic E-state index is 13.0. The fraction of sp³-hybridized carbons (Fsp3) is 0.0741. The fourth-order valence-corrected chi connectivity index (χ4v) is 3.98. The van der Waals surface area contributed by atoms with Gasteiger partial charge in [-0.25, -0.2) is 4.79 Å². The van der Waals surface area contributed by atoms with E-state index in [-0.39, 0.29) is 23.7 Å². The van der Waals surface area contributed by atoms with Crippen molar-refractivity contribution in [2.24, 2.45) is 0 Å². The zero-order chi connectivity index (χ0) is 24.4. The van der Waals surface area contributed by atoms with Gasteiger partial charge in [0.05, 0.1) is 13.3 Å². The summed E-state index contributed by atoms with van der Waals surface area (Å²) >= 11 is 6.08. The highest BCUT2D eigenvalue weighted by molar-refractivity contribution is 6.31. The van der Waals surface area contributed by atoms with Crippen LogP contribution in [0.25, 0.3) is 21.7 Å². The van der Waals surface area contributed by atoms with Crippen molar-refractivity contribution in [1.82, 2.24) is 9.97 Å². The van der Waals surface area contributed by atoms with Crippen molar-refractivity contribution >= 4 is 45.0 Å². The molecule has 0 atom stereocenters. The first-order chi connectivity index (χ1) is 17.0. The van der Waals surface area contributed by atoms with E-state index in [2.05, 4.69) is 9.97 Å². The number of nitrogens with zero attached hydrogens (tertiary/aromatic N) is 1. The monoisotopic (exact) mass is 486 g/mol. The van der Waals surface area contributed by atoms with E-state index in [0.29, 0.717) is 22.1 Å². The summed E-state index contributed by atoms with van der Waals surface area (Å²) in [6.07, 6.45) is 4.92. The highest BCUT2D eigenvalue weighted by Gasteiger charge is 2.18. The van der Waals surface area contributed by atoms with Crippen LogP contribution in [0.3, 0.4) is 0 Å². The van der Waals surface area contributed by atoms with E-state index >= 15 is 0 Å². The van der Waals surface area contributed by atoms with E-state index in [1.54, 1.807) is 55.0 Å². The molecule has 7 nitrogen and oxygen atoms in total. The number of esters is 1. The van der Waals surface area contributed by atoms with Crippen LogP contribution in [0.4, 0.5) is 0 Å². The molecule has 0 aliphatic rings. The van der Waals surface area contributed by atoms with E-state index in [1.807, 2.05) is 24.3 Å². The van der Waals surface area contributed by atoms with Gasteiger partial charge in [0.25, 0.3) is 0 Å². The van der Waals surface area contributed by atoms with Gasteiger partial charge in [-0.15, -0.1) is 0 Å². The van der Waals surface area contributed by atoms with E-state index < -0.39 is 5.97 Å². The number of methoxy groups -OCH3 is 1. The molecule has 0 fully saturated rings. The Morgan fingerprint density at radius 3 is 2.66 bits per heavy atom. The van der Waals surface area contributed by atoms with Gasteiger partial charge in [-0.2, -0.15) is 0 Å². The number of carbonyl (C=O) groups excluding carboxylic acids is 2. The van der Waals surface area contributed by atoms with Crippen molar-refractivity contribution in [3.05, 3.63) is 95.4 Å². The predicted octanol–water partition coefficient (Wildman–Crippen LogP) is 6.21. The third kappa shape index (κ3) is 4.67. The summed E-state index contributed by atoms with van der Waals surface area (Å²) in [4.78, 5) is 32.5. The molecule has 8 heteroatoms. The van der Waals surface area contributed by atoms with Gasteiger partial charge in [0.15, 0.2) is 6.61 Å². The second-order valence-corrected chi connectivity index (χ2v) is 8.18. The van der Waals surface area contributed by atoms with E-state index in [1.165, 1.54) is 7.11 Å². The lowest BCUT2D eigenvalue weighted by molar-refractivity contribution is 0.0594. The van der Waals surface area contributed by atoms with E-state index in [9.17, 15) is 9.59 Å². The number of aromatic nitrogens is 2. The van der Waals surface area contributed by atoms with E-state index in [4.69, 9.17) is 25.8 Å². The van der Waals surface area contributed by atoms with Crippen molar-refractivity contribution < 1.29 is 23.8 Å². The maximum Gasteiger partial charge on any atom is 0.341 e. The van der Waals surface area contributed by atoms with Crippen LogP contribution in [0, 0.1) is 0 Å². The smallest absolute Gasteiger partial charge is 0.341 e. The lowest BCUT2D eigenvalue weighted by Crippen LogP contribution is -2.13. The van der Waals surface area contributed by atoms with Gasteiger partial charge in [0.2, 0.25) is 5.78 Å². The lowest BCUT2D eigenvalue weighted by Gasteiger charge is -2.12. The molecule has 0 aliphatic carbocycles. The summed E-state index contributed by atoms with van der Waals surface area (Å²) in [5.74, 6) is 0.669. The second kappa shape index (κ2) is 9.48. The molecule has 3 aromatic carbocycles. The number of nitrogens with one attached hydrogen (secondary N) is 1. The standard InChI is InChI=1S/C27H19ClN2O5/c1-33-27(32)22-10-17-9-18(28)5-4-16(17)11-26(22)34-15-25(31)23-14-30-24-12-19(6-7-21(23)24)35-20-3-2-8-29-13-20/h2-14,30H,15H2,1H3. The van der Waals surface area contributed by atoms with Crippen LogP contribution in [-0.4, -0.2) is 35.4 Å². The average molecular weight is 487 g/mol. The van der Waals surface area contributed by atoms with Crippen molar-refractivity contribution in [2.45, 2.75) is 0 Å². The molecule has 35 heavy (non-hydrogen) atoms. The number of aromatic amines is 1. The molecule has 174 valence electrons. The first-order valence-electron chi connectivity index (χ1n) is 10.7. The number of H-pyrrole nitrogens is 1. The molecule has 2 aromatic heterocycles. The number of carbonyl (C=O) groups is 2. The van der Waals surface area contributed by atoms with Gasteiger partial charge < -0.3 is 19.2 Å².